The van der Waals surface area contributed by atoms with E-state index in [1.54, 1.807) is 27.3 Å². The first kappa shape index (κ1) is 24.7. The van der Waals surface area contributed by atoms with Crippen molar-refractivity contribution >= 4 is 33.0 Å². The molecule has 2 N–H and O–H groups in total. The predicted molar refractivity (Wildman–Crippen MR) is 147 cm³/mol. The number of hydrogen-bond acceptors (Lipinski definition) is 7. The fourth-order valence-electron chi connectivity index (χ4n) is 4.90. The van der Waals surface area contributed by atoms with Gasteiger partial charge in [-0.05, 0) is 61.4 Å². The van der Waals surface area contributed by atoms with Gasteiger partial charge >= 0.3 is 0 Å². The first-order chi connectivity index (χ1) is 18.8. The highest BCUT2D eigenvalue weighted by molar-refractivity contribution is 7.15. The highest BCUT2D eigenvalue weighted by Gasteiger charge is 2.26. The van der Waals surface area contributed by atoms with Gasteiger partial charge in [-0.2, -0.15) is 5.10 Å². The van der Waals surface area contributed by atoms with E-state index < -0.39 is 17.7 Å². The summed E-state index contributed by atoms with van der Waals surface area (Å²) in [5.74, 6) is -0.730. The smallest absolute Gasteiger partial charge is 0.264 e. The summed E-state index contributed by atoms with van der Waals surface area (Å²) in [5.41, 5.74) is 9.46. The lowest BCUT2D eigenvalue weighted by Crippen LogP contribution is -2.21. The number of aryl methyl sites for hydroxylation is 1. The number of nitrogens with zero attached hydrogens (tertiary/aromatic N) is 5. The average molecular weight is 545 g/mol. The van der Waals surface area contributed by atoms with E-state index in [0.717, 1.165) is 10.5 Å². The Morgan fingerprint density at radius 1 is 1.08 bits per heavy atom. The molecular formula is C28H22F2N6O2S. The number of hydrogen-bond donors (Lipinski definition) is 1. The van der Waals surface area contributed by atoms with Crippen molar-refractivity contribution < 1.29 is 13.5 Å². The van der Waals surface area contributed by atoms with Crippen molar-refractivity contribution in [1.29, 1.82) is 0 Å². The Morgan fingerprint density at radius 3 is 2.64 bits per heavy atom. The van der Waals surface area contributed by atoms with Gasteiger partial charge in [-0.25, -0.2) is 23.4 Å². The van der Waals surface area contributed by atoms with Gasteiger partial charge in [0.05, 0.1) is 24.1 Å². The zero-order chi connectivity index (χ0) is 27.4. The molecule has 1 atom stereocenters. The molecular weight excluding hydrogens is 522 g/mol. The molecule has 0 saturated carbocycles. The van der Waals surface area contributed by atoms with Crippen LogP contribution < -0.4 is 16.0 Å². The van der Waals surface area contributed by atoms with Gasteiger partial charge in [0.1, 0.15) is 28.5 Å². The number of ether oxygens (including phenoxy) is 1. The van der Waals surface area contributed by atoms with E-state index >= 15 is 0 Å². The van der Waals surface area contributed by atoms with Crippen LogP contribution in [-0.4, -0.2) is 31.3 Å². The van der Waals surface area contributed by atoms with Crippen LogP contribution in [0.2, 0.25) is 0 Å². The molecule has 0 bridgehead atoms. The number of fused-ring (bicyclic) bond motifs is 2. The van der Waals surface area contributed by atoms with Crippen molar-refractivity contribution in [1.82, 2.24) is 24.1 Å². The standard InChI is InChI=1S/C28H22F2N6O2S/c1-14-12-39-22-11-19(23(28(37)35(14)22)16-5-4-6-18(29)9-16)15(2)36-27-24(26(31)32-13-33-27)25(34-36)17-7-8-21(38-3)20(30)10-17/h4-13,15H,1-3H3,(H2,31,32,33)/t15-/m0/s1. The maximum atomic E-state index is 14.6. The second-order valence-corrected chi connectivity index (χ2v) is 10.0. The largest absolute Gasteiger partial charge is 0.494 e. The van der Waals surface area contributed by atoms with Gasteiger partial charge in [0.25, 0.3) is 5.56 Å². The van der Waals surface area contributed by atoms with Gasteiger partial charge in [0.2, 0.25) is 0 Å². The maximum Gasteiger partial charge on any atom is 0.264 e. The molecule has 0 aliphatic carbocycles. The van der Waals surface area contributed by atoms with E-state index in [4.69, 9.17) is 15.6 Å². The van der Waals surface area contributed by atoms with Gasteiger partial charge in [-0.1, -0.05) is 12.1 Å². The lowest BCUT2D eigenvalue weighted by Gasteiger charge is -2.18. The van der Waals surface area contributed by atoms with Crippen LogP contribution in [0, 0.1) is 18.6 Å². The molecule has 0 aliphatic heterocycles. The lowest BCUT2D eigenvalue weighted by molar-refractivity contribution is 0.386. The van der Waals surface area contributed by atoms with Crippen molar-refractivity contribution in [3.63, 3.8) is 0 Å². The number of thiazole rings is 1. The molecule has 0 spiro atoms. The second-order valence-electron chi connectivity index (χ2n) is 9.12. The molecule has 11 heteroatoms. The maximum absolute atomic E-state index is 14.6. The Kier molecular flexibility index (Phi) is 5.87. The zero-order valence-corrected chi connectivity index (χ0v) is 22.0. The van der Waals surface area contributed by atoms with Gasteiger partial charge in [-0.15, -0.1) is 11.3 Å². The number of aromatic nitrogens is 5. The van der Waals surface area contributed by atoms with Gasteiger partial charge < -0.3 is 10.5 Å². The summed E-state index contributed by atoms with van der Waals surface area (Å²) < 4.78 is 37.3. The third-order valence-electron chi connectivity index (χ3n) is 6.78. The number of rotatable bonds is 5. The van der Waals surface area contributed by atoms with Crippen LogP contribution in [0.15, 0.2) is 65.0 Å². The average Bonchev–Trinajstić information content (AvgIpc) is 3.50. The topological polar surface area (TPSA) is 100 Å². The van der Waals surface area contributed by atoms with Crippen molar-refractivity contribution in [3.8, 4) is 28.1 Å². The van der Waals surface area contributed by atoms with Gasteiger partial charge in [0, 0.05) is 16.6 Å². The third-order valence-corrected chi connectivity index (χ3v) is 7.78. The lowest BCUT2D eigenvalue weighted by atomic mass is 9.97. The Balaban J connectivity index is 1.63. The minimum atomic E-state index is -0.555. The number of nitrogens with two attached hydrogens (primary N) is 1. The molecule has 8 nitrogen and oxygen atoms in total. The zero-order valence-electron chi connectivity index (χ0n) is 21.1. The van der Waals surface area contributed by atoms with Crippen molar-refractivity contribution in [3.05, 3.63) is 93.5 Å². The summed E-state index contributed by atoms with van der Waals surface area (Å²) in [6.07, 6.45) is 1.33. The second kappa shape index (κ2) is 9.28. The Labute approximate surface area is 225 Å². The number of methoxy groups -OCH3 is 1. The Bertz CT molecular complexity index is 1960. The van der Waals surface area contributed by atoms with E-state index in [1.165, 1.54) is 49.0 Å². The minimum absolute atomic E-state index is 0.0971. The van der Waals surface area contributed by atoms with Crippen LogP contribution in [0.3, 0.4) is 0 Å². The molecule has 2 aromatic carbocycles. The van der Waals surface area contributed by atoms with Gasteiger partial charge in [0.15, 0.2) is 17.2 Å². The summed E-state index contributed by atoms with van der Waals surface area (Å²) in [7, 11) is 1.39. The van der Waals surface area contributed by atoms with Crippen LogP contribution in [0.4, 0.5) is 14.6 Å². The molecule has 0 unspecified atom stereocenters. The summed E-state index contributed by atoms with van der Waals surface area (Å²) in [5, 5.41) is 7.15. The SMILES string of the molecule is COc1ccc(-c2nn([C@@H](C)c3cc4scc(C)n4c(=O)c3-c3cccc(F)c3)c3ncnc(N)c23)cc1F. The molecule has 0 radical (unpaired) electrons. The fraction of sp³-hybridized carbons (Fsp3) is 0.143. The molecule has 0 fully saturated rings. The first-order valence-electron chi connectivity index (χ1n) is 12.0. The quantitative estimate of drug-likeness (QED) is 0.302. The summed E-state index contributed by atoms with van der Waals surface area (Å²) >= 11 is 1.44. The third kappa shape index (κ3) is 3.93. The molecule has 196 valence electrons. The molecule has 4 heterocycles. The Hall–Kier alpha value is -4.64. The normalized spacial score (nSPS) is 12.3. The molecule has 6 rings (SSSR count). The van der Waals surface area contributed by atoms with Crippen LogP contribution >= 0.6 is 11.3 Å². The van der Waals surface area contributed by atoms with E-state index in [2.05, 4.69) is 9.97 Å². The monoisotopic (exact) mass is 544 g/mol. The summed E-state index contributed by atoms with van der Waals surface area (Å²) in [4.78, 5) is 23.2. The molecule has 6 aromatic rings. The van der Waals surface area contributed by atoms with Crippen molar-refractivity contribution in [2.75, 3.05) is 12.8 Å². The highest BCUT2D eigenvalue weighted by Crippen LogP contribution is 2.37. The van der Waals surface area contributed by atoms with E-state index in [9.17, 15) is 13.6 Å². The number of pyridine rings is 1. The van der Waals surface area contributed by atoms with Crippen LogP contribution in [0.5, 0.6) is 5.75 Å². The molecule has 4 aromatic heterocycles. The molecule has 0 aliphatic rings. The highest BCUT2D eigenvalue weighted by atomic mass is 32.1. The predicted octanol–water partition coefficient (Wildman–Crippen LogP) is 5.62. The molecule has 0 amide bonds. The number of halogens is 2. The van der Waals surface area contributed by atoms with Crippen molar-refractivity contribution in [2.24, 2.45) is 0 Å². The van der Waals surface area contributed by atoms with E-state index in [-0.39, 0.29) is 17.1 Å². The van der Waals surface area contributed by atoms with E-state index in [0.29, 0.717) is 39.0 Å². The first-order valence-corrected chi connectivity index (χ1v) is 12.9. The van der Waals surface area contributed by atoms with E-state index in [1.807, 2.05) is 25.3 Å². The molecule has 0 saturated heterocycles. The minimum Gasteiger partial charge on any atom is -0.494 e. The summed E-state index contributed by atoms with van der Waals surface area (Å²) in [6.45, 7) is 3.72. The molecule has 39 heavy (non-hydrogen) atoms. The number of anilines is 1. The number of benzene rings is 2. The van der Waals surface area contributed by atoms with Crippen LogP contribution in [0.1, 0.15) is 24.2 Å². The van der Waals surface area contributed by atoms with Crippen LogP contribution in [0.25, 0.3) is 38.2 Å². The van der Waals surface area contributed by atoms with Crippen molar-refractivity contribution in [2.45, 2.75) is 19.9 Å². The Morgan fingerprint density at radius 2 is 1.90 bits per heavy atom. The summed E-state index contributed by atoms with van der Waals surface area (Å²) in [6, 6.07) is 11.8. The number of nitrogen functional groups attached to an aromatic ring is 1. The van der Waals surface area contributed by atoms with Crippen LogP contribution in [-0.2, 0) is 0 Å². The fourth-order valence-corrected chi connectivity index (χ4v) is 5.82. The van der Waals surface area contributed by atoms with Gasteiger partial charge in [-0.3, -0.25) is 9.20 Å².